The second-order valence-corrected chi connectivity index (χ2v) is 5.21. The Morgan fingerprint density at radius 3 is 3.00 bits per heavy atom. The normalized spacial score (nSPS) is 21.4. The van der Waals surface area contributed by atoms with Crippen LogP contribution < -0.4 is 5.32 Å². The van der Waals surface area contributed by atoms with Gasteiger partial charge in [-0.3, -0.25) is 4.79 Å². The predicted molar refractivity (Wildman–Crippen MR) is 72.9 cm³/mol. The Morgan fingerprint density at radius 1 is 1.42 bits per heavy atom. The van der Waals surface area contributed by atoms with Crippen LogP contribution in [0.15, 0.2) is 18.2 Å². The molecule has 2 aliphatic heterocycles. The fourth-order valence-corrected chi connectivity index (χ4v) is 2.94. The summed E-state index contributed by atoms with van der Waals surface area (Å²) in [7, 11) is 0. The molecule has 1 amide bonds. The van der Waals surface area contributed by atoms with Crippen LogP contribution in [-0.2, 0) is 18.0 Å². The van der Waals surface area contributed by atoms with E-state index in [1.54, 1.807) is 0 Å². The van der Waals surface area contributed by atoms with Gasteiger partial charge in [-0.05, 0) is 43.1 Å². The van der Waals surface area contributed by atoms with Crippen LogP contribution >= 0.6 is 0 Å². The lowest BCUT2D eigenvalue weighted by atomic mass is 10.0. The summed E-state index contributed by atoms with van der Waals surface area (Å²) < 4.78 is 5.40. The van der Waals surface area contributed by atoms with E-state index >= 15 is 0 Å². The van der Waals surface area contributed by atoms with Crippen LogP contribution in [0.1, 0.15) is 34.8 Å². The highest BCUT2D eigenvalue weighted by atomic mass is 16.5. The van der Waals surface area contributed by atoms with Crippen LogP contribution in [0, 0.1) is 0 Å². The Hall–Kier alpha value is -1.39. The highest BCUT2D eigenvalue weighted by Crippen LogP contribution is 2.22. The van der Waals surface area contributed by atoms with Gasteiger partial charge in [0.15, 0.2) is 0 Å². The van der Waals surface area contributed by atoms with Crippen LogP contribution in [0.2, 0.25) is 0 Å². The lowest BCUT2D eigenvalue weighted by molar-refractivity contribution is 0.0703. The van der Waals surface area contributed by atoms with Crippen molar-refractivity contribution in [3.63, 3.8) is 0 Å². The van der Waals surface area contributed by atoms with Gasteiger partial charge in [0.25, 0.3) is 5.91 Å². The van der Waals surface area contributed by atoms with E-state index in [0.717, 1.165) is 37.2 Å². The van der Waals surface area contributed by atoms with Crippen LogP contribution in [0.25, 0.3) is 0 Å². The molecule has 1 aromatic rings. The summed E-state index contributed by atoms with van der Waals surface area (Å²) in [5.74, 6) is 0.144. The van der Waals surface area contributed by atoms with E-state index in [4.69, 9.17) is 4.74 Å². The highest BCUT2D eigenvalue weighted by molar-refractivity contribution is 5.94. The second kappa shape index (κ2) is 5.31. The minimum atomic E-state index is 0.144. The molecule has 4 heteroatoms. The Bertz CT molecular complexity index is 481. The topological polar surface area (TPSA) is 41.6 Å². The molecule has 4 nitrogen and oxygen atoms in total. The molecule has 2 aliphatic rings. The molecule has 19 heavy (non-hydrogen) atoms. The fourth-order valence-electron chi connectivity index (χ4n) is 2.94. The van der Waals surface area contributed by atoms with Crippen molar-refractivity contribution in [3.05, 3.63) is 34.9 Å². The largest absolute Gasteiger partial charge is 0.372 e. The van der Waals surface area contributed by atoms with Gasteiger partial charge in [-0.2, -0.15) is 0 Å². The van der Waals surface area contributed by atoms with E-state index in [-0.39, 0.29) is 5.91 Å². The SMILES string of the molecule is CCN(C(=O)c1ccc2c(c1)COC2)C1CCNC1. The number of amides is 1. The van der Waals surface area contributed by atoms with Gasteiger partial charge in [-0.1, -0.05) is 6.07 Å². The maximum Gasteiger partial charge on any atom is 0.254 e. The van der Waals surface area contributed by atoms with Crippen molar-refractivity contribution in [2.24, 2.45) is 0 Å². The molecule has 1 aromatic carbocycles. The third kappa shape index (κ3) is 2.38. The summed E-state index contributed by atoms with van der Waals surface area (Å²) in [6, 6.07) is 6.29. The fraction of sp³-hybridized carbons (Fsp3) is 0.533. The second-order valence-electron chi connectivity index (χ2n) is 5.21. The van der Waals surface area contributed by atoms with Crippen molar-refractivity contribution < 1.29 is 9.53 Å². The summed E-state index contributed by atoms with van der Waals surface area (Å²) in [4.78, 5) is 14.6. The molecule has 0 aromatic heterocycles. The van der Waals surface area contributed by atoms with E-state index in [2.05, 4.69) is 5.32 Å². The molecule has 3 rings (SSSR count). The number of nitrogens with one attached hydrogen (secondary N) is 1. The molecule has 0 spiro atoms. The molecule has 1 saturated heterocycles. The van der Waals surface area contributed by atoms with Gasteiger partial charge >= 0.3 is 0 Å². The van der Waals surface area contributed by atoms with Crippen LogP contribution in [0.4, 0.5) is 0 Å². The van der Waals surface area contributed by atoms with Gasteiger partial charge in [0, 0.05) is 24.7 Å². The zero-order valence-electron chi connectivity index (χ0n) is 11.3. The number of carbonyl (C=O) groups is 1. The average Bonchev–Trinajstić information content (AvgIpc) is 3.09. The van der Waals surface area contributed by atoms with Crippen molar-refractivity contribution in [3.8, 4) is 0 Å². The third-order valence-electron chi connectivity index (χ3n) is 4.04. The van der Waals surface area contributed by atoms with Crippen molar-refractivity contribution >= 4 is 5.91 Å². The van der Waals surface area contributed by atoms with Gasteiger partial charge in [-0.25, -0.2) is 0 Å². The minimum absolute atomic E-state index is 0.144. The lowest BCUT2D eigenvalue weighted by Crippen LogP contribution is -2.41. The Morgan fingerprint density at radius 2 is 2.26 bits per heavy atom. The van der Waals surface area contributed by atoms with E-state index in [1.165, 1.54) is 5.56 Å². The summed E-state index contributed by atoms with van der Waals surface area (Å²) in [6.45, 7) is 6.03. The minimum Gasteiger partial charge on any atom is -0.372 e. The van der Waals surface area contributed by atoms with E-state index < -0.39 is 0 Å². The number of nitrogens with zero attached hydrogens (tertiary/aromatic N) is 1. The third-order valence-corrected chi connectivity index (χ3v) is 4.04. The van der Waals surface area contributed by atoms with Crippen LogP contribution in [0.3, 0.4) is 0 Å². The highest BCUT2D eigenvalue weighted by Gasteiger charge is 2.26. The van der Waals surface area contributed by atoms with E-state index in [9.17, 15) is 4.79 Å². The smallest absolute Gasteiger partial charge is 0.254 e. The van der Waals surface area contributed by atoms with Crippen LogP contribution in [-0.4, -0.2) is 36.5 Å². The van der Waals surface area contributed by atoms with Crippen molar-refractivity contribution in [2.75, 3.05) is 19.6 Å². The molecule has 1 N–H and O–H groups in total. The molecule has 1 fully saturated rings. The van der Waals surface area contributed by atoms with Crippen LogP contribution in [0.5, 0.6) is 0 Å². The monoisotopic (exact) mass is 260 g/mol. The first-order valence-electron chi connectivity index (χ1n) is 7.01. The van der Waals surface area contributed by atoms with Crippen molar-refractivity contribution in [1.82, 2.24) is 10.2 Å². The molecule has 0 bridgehead atoms. The summed E-state index contributed by atoms with van der Waals surface area (Å²) in [5.41, 5.74) is 3.16. The summed E-state index contributed by atoms with van der Waals surface area (Å²) >= 11 is 0. The number of benzene rings is 1. The Kier molecular flexibility index (Phi) is 3.53. The number of likely N-dealkylation sites (N-methyl/N-ethyl adjacent to an activating group) is 1. The first kappa shape index (κ1) is 12.6. The van der Waals surface area contributed by atoms with Gasteiger partial charge in [0.1, 0.15) is 0 Å². The Labute approximate surface area is 113 Å². The lowest BCUT2D eigenvalue weighted by Gasteiger charge is -2.27. The van der Waals surface area contributed by atoms with Crippen molar-refractivity contribution in [1.29, 1.82) is 0 Å². The number of carbonyl (C=O) groups excluding carboxylic acids is 1. The quantitative estimate of drug-likeness (QED) is 0.896. The van der Waals surface area contributed by atoms with Gasteiger partial charge < -0.3 is 15.0 Å². The maximum atomic E-state index is 12.6. The Balaban J connectivity index is 1.81. The molecule has 0 saturated carbocycles. The number of fused-ring (bicyclic) bond motifs is 1. The molecule has 2 heterocycles. The predicted octanol–water partition coefficient (Wildman–Crippen LogP) is 1.54. The van der Waals surface area contributed by atoms with E-state index in [1.807, 2.05) is 30.0 Å². The van der Waals surface area contributed by atoms with Gasteiger partial charge in [-0.15, -0.1) is 0 Å². The first-order valence-corrected chi connectivity index (χ1v) is 7.01. The maximum absolute atomic E-state index is 12.6. The van der Waals surface area contributed by atoms with Crippen molar-refractivity contribution in [2.45, 2.75) is 32.6 Å². The van der Waals surface area contributed by atoms with E-state index in [0.29, 0.717) is 19.3 Å². The molecule has 1 atom stereocenters. The molecule has 102 valence electrons. The zero-order valence-corrected chi connectivity index (χ0v) is 11.3. The molecule has 0 aliphatic carbocycles. The standard InChI is InChI=1S/C15H20N2O2/c1-2-17(14-5-6-16-8-14)15(18)11-3-4-12-9-19-10-13(12)7-11/h3-4,7,14,16H,2,5-6,8-10H2,1H3. The summed E-state index contributed by atoms with van der Waals surface area (Å²) in [5, 5.41) is 3.32. The molecular formula is C15H20N2O2. The first-order chi connectivity index (χ1) is 9.29. The van der Waals surface area contributed by atoms with Gasteiger partial charge in [0.2, 0.25) is 0 Å². The molecular weight excluding hydrogens is 240 g/mol. The number of rotatable bonds is 3. The number of hydrogen-bond acceptors (Lipinski definition) is 3. The zero-order chi connectivity index (χ0) is 13.2. The number of hydrogen-bond donors (Lipinski definition) is 1. The summed E-state index contributed by atoms with van der Waals surface area (Å²) in [6.07, 6.45) is 1.05. The van der Waals surface area contributed by atoms with Gasteiger partial charge in [0.05, 0.1) is 13.2 Å². The molecule has 1 unspecified atom stereocenters. The number of ether oxygens (including phenoxy) is 1. The molecule has 0 radical (unpaired) electrons. The average molecular weight is 260 g/mol.